The van der Waals surface area contributed by atoms with Crippen LogP contribution in [0.25, 0.3) is 0 Å². The average Bonchev–Trinajstić information content (AvgIpc) is 2.71. The Balaban J connectivity index is 1.85. The van der Waals surface area contributed by atoms with Crippen molar-refractivity contribution in [2.75, 3.05) is 18.4 Å². The van der Waals surface area contributed by atoms with Crippen molar-refractivity contribution in [3.8, 4) is 0 Å². The lowest BCUT2D eigenvalue weighted by molar-refractivity contribution is -0.115. The number of hydrogen-bond acceptors (Lipinski definition) is 2. The van der Waals surface area contributed by atoms with Gasteiger partial charge in [0.1, 0.15) is 0 Å². The van der Waals surface area contributed by atoms with E-state index in [1.807, 2.05) is 12.1 Å². The van der Waals surface area contributed by atoms with Crippen molar-refractivity contribution >= 4 is 23.2 Å². The number of nitrogens with one attached hydrogen (secondary N) is 2. The van der Waals surface area contributed by atoms with Crippen LogP contribution in [0.3, 0.4) is 0 Å². The number of hydrogen-bond donors (Lipinski definition) is 2. The monoisotopic (exact) mass is 264 g/mol. The lowest BCUT2D eigenvalue weighted by Gasteiger charge is -2.23. The topological polar surface area (TPSA) is 41.1 Å². The Kier molecular flexibility index (Phi) is 3.27. The Hall–Kier alpha value is -1.06. The van der Waals surface area contributed by atoms with Crippen molar-refractivity contribution in [1.82, 2.24) is 5.32 Å². The van der Waals surface area contributed by atoms with E-state index in [1.165, 1.54) is 18.4 Å². The number of carbonyl (C=O) groups excluding carboxylic acids is 1. The standard InChI is InChI=1S/C14H17ClN2O/c15-12-5-10(4-9-2-1-3-16-8-9)14-11(6-12)7-13(18)17-14/h5-6,9,16H,1-4,7-8H2,(H,17,18). The highest BCUT2D eigenvalue weighted by atomic mass is 35.5. The summed E-state index contributed by atoms with van der Waals surface area (Å²) in [6.45, 7) is 2.19. The second-order valence-electron chi connectivity index (χ2n) is 5.24. The van der Waals surface area contributed by atoms with Gasteiger partial charge in [-0.3, -0.25) is 4.79 Å². The minimum Gasteiger partial charge on any atom is -0.325 e. The first-order valence-corrected chi connectivity index (χ1v) is 6.92. The molecule has 0 radical (unpaired) electrons. The van der Waals surface area contributed by atoms with E-state index in [4.69, 9.17) is 11.6 Å². The number of piperidine rings is 1. The maximum Gasteiger partial charge on any atom is 0.228 e. The summed E-state index contributed by atoms with van der Waals surface area (Å²) in [5, 5.41) is 7.13. The SMILES string of the molecule is O=C1Cc2cc(Cl)cc(CC3CCCNC3)c2N1. The van der Waals surface area contributed by atoms with Gasteiger partial charge < -0.3 is 10.6 Å². The molecular weight excluding hydrogens is 248 g/mol. The van der Waals surface area contributed by atoms with Crippen LogP contribution >= 0.6 is 11.6 Å². The van der Waals surface area contributed by atoms with Gasteiger partial charge in [0.15, 0.2) is 0 Å². The van der Waals surface area contributed by atoms with Gasteiger partial charge in [0, 0.05) is 10.7 Å². The van der Waals surface area contributed by atoms with E-state index in [-0.39, 0.29) is 5.91 Å². The minimum atomic E-state index is 0.0790. The third-order valence-electron chi connectivity index (χ3n) is 3.79. The molecule has 2 heterocycles. The molecule has 1 saturated heterocycles. The zero-order valence-electron chi connectivity index (χ0n) is 10.3. The highest BCUT2D eigenvalue weighted by Gasteiger charge is 2.23. The van der Waals surface area contributed by atoms with Crippen molar-refractivity contribution in [3.05, 3.63) is 28.3 Å². The van der Waals surface area contributed by atoms with E-state index in [9.17, 15) is 4.79 Å². The molecule has 2 aliphatic heterocycles. The molecule has 0 aliphatic carbocycles. The molecule has 1 amide bonds. The van der Waals surface area contributed by atoms with Crippen molar-refractivity contribution in [2.45, 2.75) is 25.7 Å². The van der Waals surface area contributed by atoms with E-state index in [2.05, 4.69) is 10.6 Å². The van der Waals surface area contributed by atoms with Crippen molar-refractivity contribution in [2.24, 2.45) is 5.92 Å². The molecule has 3 nitrogen and oxygen atoms in total. The van der Waals surface area contributed by atoms with Crippen molar-refractivity contribution in [1.29, 1.82) is 0 Å². The summed E-state index contributed by atoms with van der Waals surface area (Å²) in [6.07, 6.45) is 3.95. The summed E-state index contributed by atoms with van der Waals surface area (Å²) in [5.41, 5.74) is 3.25. The maximum atomic E-state index is 11.5. The number of benzene rings is 1. The highest BCUT2D eigenvalue weighted by Crippen LogP contribution is 2.33. The molecule has 1 fully saturated rings. The maximum absolute atomic E-state index is 11.5. The molecule has 3 rings (SSSR count). The number of carbonyl (C=O) groups is 1. The quantitative estimate of drug-likeness (QED) is 0.861. The van der Waals surface area contributed by atoms with E-state index < -0.39 is 0 Å². The van der Waals surface area contributed by atoms with Crippen LogP contribution in [0.2, 0.25) is 5.02 Å². The van der Waals surface area contributed by atoms with Gasteiger partial charge in [0.2, 0.25) is 5.91 Å². The molecule has 1 atom stereocenters. The molecule has 1 aromatic carbocycles. The molecule has 2 N–H and O–H groups in total. The largest absolute Gasteiger partial charge is 0.325 e. The first-order valence-electron chi connectivity index (χ1n) is 6.54. The number of anilines is 1. The zero-order chi connectivity index (χ0) is 12.5. The lowest BCUT2D eigenvalue weighted by atomic mass is 9.91. The molecule has 1 unspecified atom stereocenters. The first-order chi connectivity index (χ1) is 8.72. The summed E-state index contributed by atoms with van der Waals surface area (Å²) in [4.78, 5) is 11.5. The molecule has 0 bridgehead atoms. The molecular formula is C14H17ClN2O. The Bertz CT molecular complexity index is 481. The molecule has 0 spiro atoms. The highest BCUT2D eigenvalue weighted by molar-refractivity contribution is 6.31. The Morgan fingerprint density at radius 3 is 3.06 bits per heavy atom. The van der Waals surface area contributed by atoms with E-state index in [1.54, 1.807) is 0 Å². The Morgan fingerprint density at radius 1 is 1.39 bits per heavy atom. The first kappa shape index (κ1) is 12.0. The van der Waals surface area contributed by atoms with Crippen LogP contribution in [0.5, 0.6) is 0 Å². The van der Waals surface area contributed by atoms with Gasteiger partial charge in [0.25, 0.3) is 0 Å². The lowest BCUT2D eigenvalue weighted by Crippen LogP contribution is -2.31. The Labute approximate surface area is 112 Å². The number of rotatable bonds is 2. The molecule has 1 aromatic rings. The molecule has 4 heteroatoms. The smallest absolute Gasteiger partial charge is 0.228 e. The third kappa shape index (κ3) is 2.38. The van der Waals surface area contributed by atoms with Crippen LogP contribution in [0.4, 0.5) is 5.69 Å². The van der Waals surface area contributed by atoms with Crippen molar-refractivity contribution in [3.63, 3.8) is 0 Å². The van der Waals surface area contributed by atoms with Crippen LogP contribution in [-0.4, -0.2) is 19.0 Å². The predicted octanol–water partition coefficient (Wildman–Crippen LogP) is 2.38. The van der Waals surface area contributed by atoms with Gasteiger partial charge in [0.05, 0.1) is 6.42 Å². The molecule has 18 heavy (non-hydrogen) atoms. The van der Waals surface area contributed by atoms with Gasteiger partial charge in [-0.25, -0.2) is 0 Å². The normalized spacial score (nSPS) is 22.7. The van der Waals surface area contributed by atoms with Crippen LogP contribution in [0.1, 0.15) is 24.0 Å². The Morgan fingerprint density at radius 2 is 2.28 bits per heavy atom. The summed E-state index contributed by atoms with van der Waals surface area (Å²) in [5.74, 6) is 0.731. The summed E-state index contributed by atoms with van der Waals surface area (Å²) < 4.78 is 0. The fourth-order valence-corrected chi connectivity index (χ4v) is 3.22. The van der Waals surface area contributed by atoms with Crippen LogP contribution in [0.15, 0.2) is 12.1 Å². The fraction of sp³-hybridized carbons (Fsp3) is 0.500. The minimum absolute atomic E-state index is 0.0790. The number of halogens is 1. The van der Waals surface area contributed by atoms with Crippen molar-refractivity contribution < 1.29 is 4.79 Å². The second kappa shape index (κ2) is 4.90. The predicted molar refractivity (Wildman–Crippen MR) is 73.1 cm³/mol. The molecule has 0 aromatic heterocycles. The second-order valence-corrected chi connectivity index (χ2v) is 5.68. The van der Waals surface area contributed by atoms with Gasteiger partial charge in [-0.05, 0) is 61.5 Å². The van der Waals surface area contributed by atoms with E-state index in [0.717, 1.165) is 35.8 Å². The molecule has 0 saturated carbocycles. The van der Waals surface area contributed by atoms with E-state index >= 15 is 0 Å². The zero-order valence-corrected chi connectivity index (χ0v) is 11.0. The summed E-state index contributed by atoms with van der Waals surface area (Å²) in [6, 6.07) is 3.90. The number of fused-ring (bicyclic) bond motifs is 1. The van der Waals surface area contributed by atoms with E-state index in [0.29, 0.717) is 12.3 Å². The fourth-order valence-electron chi connectivity index (χ4n) is 2.95. The number of amides is 1. The average molecular weight is 265 g/mol. The summed E-state index contributed by atoms with van der Waals surface area (Å²) in [7, 11) is 0. The third-order valence-corrected chi connectivity index (χ3v) is 4.01. The van der Waals surface area contributed by atoms with Crippen LogP contribution < -0.4 is 10.6 Å². The van der Waals surface area contributed by atoms with Gasteiger partial charge >= 0.3 is 0 Å². The van der Waals surface area contributed by atoms with Gasteiger partial charge in [-0.1, -0.05) is 11.6 Å². The van der Waals surface area contributed by atoms with Gasteiger partial charge in [-0.15, -0.1) is 0 Å². The van der Waals surface area contributed by atoms with Crippen LogP contribution in [-0.2, 0) is 17.6 Å². The van der Waals surface area contributed by atoms with Crippen LogP contribution in [0, 0.1) is 5.92 Å². The molecule has 96 valence electrons. The molecule has 2 aliphatic rings. The summed E-state index contributed by atoms with van der Waals surface area (Å²) >= 11 is 6.14. The van der Waals surface area contributed by atoms with Gasteiger partial charge in [-0.2, -0.15) is 0 Å².